The van der Waals surface area contributed by atoms with Crippen molar-refractivity contribution in [2.45, 2.75) is 44.6 Å². The molecule has 1 unspecified atom stereocenters. The molecular formula is C14H23NO3S. The second-order valence-electron chi connectivity index (χ2n) is 5.13. The predicted octanol–water partition coefficient (Wildman–Crippen LogP) is 1.93. The summed E-state index contributed by atoms with van der Waals surface area (Å²) in [6.45, 7) is 6.25. The topological polar surface area (TPSA) is 66.4 Å². The van der Waals surface area contributed by atoms with Crippen LogP contribution in [-0.2, 0) is 16.4 Å². The van der Waals surface area contributed by atoms with Crippen LogP contribution in [0.25, 0.3) is 0 Å². The average Bonchev–Trinajstić information content (AvgIpc) is 2.28. The highest BCUT2D eigenvalue weighted by atomic mass is 32.2. The molecule has 0 amide bonds. The van der Waals surface area contributed by atoms with E-state index in [1.54, 1.807) is 31.2 Å². The second-order valence-corrected chi connectivity index (χ2v) is 6.90. The van der Waals surface area contributed by atoms with E-state index >= 15 is 0 Å². The van der Waals surface area contributed by atoms with Crippen LogP contribution >= 0.6 is 0 Å². The van der Waals surface area contributed by atoms with Gasteiger partial charge in [0.15, 0.2) is 0 Å². The molecule has 4 nitrogen and oxygen atoms in total. The Balaban J connectivity index is 2.72. The van der Waals surface area contributed by atoms with E-state index in [2.05, 4.69) is 18.6 Å². The third-order valence-corrected chi connectivity index (χ3v) is 4.34. The highest BCUT2D eigenvalue weighted by Crippen LogP contribution is 2.14. The van der Waals surface area contributed by atoms with Gasteiger partial charge in [0, 0.05) is 6.54 Å². The minimum Gasteiger partial charge on any atom is -0.393 e. The first-order valence-electron chi connectivity index (χ1n) is 6.61. The Morgan fingerprint density at radius 3 is 2.26 bits per heavy atom. The lowest BCUT2D eigenvalue weighted by atomic mass is 10.00. The summed E-state index contributed by atoms with van der Waals surface area (Å²) in [6, 6.07) is 6.67. The number of benzene rings is 1. The van der Waals surface area contributed by atoms with Crippen molar-refractivity contribution in [2.24, 2.45) is 5.92 Å². The third-order valence-electron chi connectivity index (χ3n) is 2.78. The lowest BCUT2D eigenvalue weighted by Crippen LogP contribution is -2.23. The summed E-state index contributed by atoms with van der Waals surface area (Å²) in [4.78, 5) is 0.261. The molecule has 0 aliphatic rings. The smallest absolute Gasteiger partial charge is 0.240 e. The second kappa shape index (κ2) is 7.03. The van der Waals surface area contributed by atoms with E-state index in [9.17, 15) is 13.5 Å². The standard InChI is InChI=1S/C14H23NO3S/c1-4-15-19(17,18)14-7-5-12(6-8-14)10-13(16)9-11(2)3/h5-8,11,13,15-16H,4,9-10H2,1-3H3. The third kappa shape index (κ3) is 5.30. The molecule has 19 heavy (non-hydrogen) atoms. The molecule has 0 aliphatic carbocycles. The Morgan fingerprint density at radius 1 is 1.21 bits per heavy atom. The van der Waals surface area contributed by atoms with Crippen molar-refractivity contribution in [1.29, 1.82) is 0 Å². The molecular weight excluding hydrogens is 262 g/mol. The van der Waals surface area contributed by atoms with E-state index in [1.165, 1.54) is 0 Å². The van der Waals surface area contributed by atoms with Gasteiger partial charge in [0.1, 0.15) is 0 Å². The van der Waals surface area contributed by atoms with Gasteiger partial charge in [-0.2, -0.15) is 0 Å². The highest BCUT2D eigenvalue weighted by Gasteiger charge is 2.13. The van der Waals surface area contributed by atoms with Crippen LogP contribution in [0.1, 0.15) is 32.8 Å². The zero-order chi connectivity index (χ0) is 14.5. The van der Waals surface area contributed by atoms with Gasteiger partial charge in [-0.25, -0.2) is 13.1 Å². The molecule has 5 heteroatoms. The summed E-state index contributed by atoms with van der Waals surface area (Å²) in [5.74, 6) is 0.448. The van der Waals surface area contributed by atoms with Gasteiger partial charge in [-0.1, -0.05) is 32.9 Å². The Labute approximate surface area is 115 Å². The van der Waals surface area contributed by atoms with E-state index < -0.39 is 10.0 Å². The number of hydrogen-bond donors (Lipinski definition) is 2. The summed E-state index contributed by atoms with van der Waals surface area (Å²) in [5.41, 5.74) is 0.948. The van der Waals surface area contributed by atoms with Gasteiger partial charge in [-0.15, -0.1) is 0 Å². The van der Waals surface area contributed by atoms with Crippen LogP contribution in [0.4, 0.5) is 0 Å². The van der Waals surface area contributed by atoms with Gasteiger partial charge in [0.2, 0.25) is 10.0 Å². The van der Waals surface area contributed by atoms with E-state index in [0.29, 0.717) is 18.9 Å². The first-order valence-corrected chi connectivity index (χ1v) is 8.10. The maximum Gasteiger partial charge on any atom is 0.240 e. The Morgan fingerprint density at radius 2 is 1.79 bits per heavy atom. The van der Waals surface area contributed by atoms with Crippen molar-refractivity contribution in [3.8, 4) is 0 Å². The Kier molecular flexibility index (Phi) is 5.97. The van der Waals surface area contributed by atoms with Gasteiger partial charge in [-0.05, 0) is 36.5 Å². The van der Waals surface area contributed by atoms with Crippen LogP contribution < -0.4 is 4.72 Å². The highest BCUT2D eigenvalue weighted by molar-refractivity contribution is 7.89. The van der Waals surface area contributed by atoms with Gasteiger partial charge in [0.05, 0.1) is 11.0 Å². The molecule has 0 aromatic heterocycles. The number of rotatable bonds is 7. The van der Waals surface area contributed by atoms with Crippen LogP contribution in [0, 0.1) is 5.92 Å². The average molecular weight is 285 g/mol. The first-order chi connectivity index (χ1) is 8.85. The fourth-order valence-electron chi connectivity index (χ4n) is 1.98. The number of sulfonamides is 1. The largest absolute Gasteiger partial charge is 0.393 e. The summed E-state index contributed by atoms with van der Waals surface area (Å²) in [5, 5.41) is 9.86. The zero-order valence-electron chi connectivity index (χ0n) is 11.8. The molecule has 1 aromatic carbocycles. The maximum absolute atomic E-state index is 11.8. The molecule has 0 fully saturated rings. The Hall–Kier alpha value is -0.910. The van der Waals surface area contributed by atoms with E-state index in [0.717, 1.165) is 12.0 Å². The normalized spacial score (nSPS) is 13.7. The summed E-state index contributed by atoms with van der Waals surface area (Å²) >= 11 is 0. The van der Waals surface area contributed by atoms with Crippen molar-refractivity contribution in [2.75, 3.05) is 6.54 Å². The Bertz CT molecular complexity index is 480. The molecule has 0 bridgehead atoms. The van der Waals surface area contributed by atoms with Crippen molar-refractivity contribution in [3.63, 3.8) is 0 Å². The lowest BCUT2D eigenvalue weighted by molar-refractivity contribution is 0.149. The molecule has 1 atom stereocenters. The molecule has 108 valence electrons. The van der Waals surface area contributed by atoms with Crippen LogP contribution in [0.5, 0.6) is 0 Å². The first kappa shape index (κ1) is 16.1. The van der Waals surface area contributed by atoms with E-state index in [4.69, 9.17) is 0 Å². The lowest BCUT2D eigenvalue weighted by Gasteiger charge is -2.13. The van der Waals surface area contributed by atoms with Crippen LogP contribution in [0.2, 0.25) is 0 Å². The van der Waals surface area contributed by atoms with Gasteiger partial charge < -0.3 is 5.11 Å². The van der Waals surface area contributed by atoms with Gasteiger partial charge in [0.25, 0.3) is 0 Å². The molecule has 1 rings (SSSR count). The molecule has 0 radical (unpaired) electrons. The van der Waals surface area contributed by atoms with Crippen molar-refractivity contribution < 1.29 is 13.5 Å². The van der Waals surface area contributed by atoms with E-state index in [1.807, 2.05) is 0 Å². The van der Waals surface area contributed by atoms with Gasteiger partial charge >= 0.3 is 0 Å². The maximum atomic E-state index is 11.8. The number of aliphatic hydroxyl groups is 1. The minimum absolute atomic E-state index is 0.261. The fourth-order valence-corrected chi connectivity index (χ4v) is 3.02. The summed E-state index contributed by atoms with van der Waals surface area (Å²) in [7, 11) is -3.39. The number of aliphatic hydroxyl groups excluding tert-OH is 1. The predicted molar refractivity (Wildman–Crippen MR) is 76.5 cm³/mol. The molecule has 0 heterocycles. The molecule has 0 saturated heterocycles. The zero-order valence-corrected chi connectivity index (χ0v) is 12.6. The molecule has 0 spiro atoms. The monoisotopic (exact) mass is 285 g/mol. The molecule has 1 aromatic rings. The van der Waals surface area contributed by atoms with Crippen LogP contribution in [0.15, 0.2) is 29.2 Å². The molecule has 0 saturated carbocycles. The fraction of sp³-hybridized carbons (Fsp3) is 0.571. The van der Waals surface area contributed by atoms with Crippen LogP contribution in [-0.4, -0.2) is 26.2 Å². The number of nitrogens with one attached hydrogen (secondary N) is 1. The van der Waals surface area contributed by atoms with E-state index in [-0.39, 0.29) is 11.0 Å². The SMILES string of the molecule is CCNS(=O)(=O)c1ccc(CC(O)CC(C)C)cc1. The molecule has 2 N–H and O–H groups in total. The molecule has 0 aliphatic heterocycles. The summed E-state index contributed by atoms with van der Waals surface area (Å²) in [6.07, 6.45) is 0.924. The quantitative estimate of drug-likeness (QED) is 0.804. The van der Waals surface area contributed by atoms with Crippen molar-refractivity contribution in [3.05, 3.63) is 29.8 Å². The van der Waals surface area contributed by atoms with Crippen LogP contribution in [0.3, 0.4) is 0 Å². The number of hydrogen-bond acceptors (Lipinski definition) is 3. The van der Waals surface area contributed by atoms with Crippen molar-refractivity contribution >= 4 is 10.0 Å². The minimum atomic E-state index is -3.39. The van der Waals surface area contributed by atoms with Gasteiger partial charge in [-0.3, -0.25) is 0 Å². The van der Waals surface area contributed by atoms with Crippen molar-refractivity contribution in [1.82, 2.24) is 4.72 Å². The summed E-state index contributed by atoms with van der Waals surface area (Å²) < 4.78 is 25.9.